The molecule has 1 fully saturated rings. The van der Waals surface area contributed by atoms with Gasteiger partial charge in [0, 0.05) is 19.0 Å². The van der Waals surface area contributed by atoms with Crippen molar-refractivity contribution in [3.8, 4) is 0 Å². The predicted octanol–water partition coefficient (Wildman–Crippen LogP) is 0.913. The second-order valence-corrected chi connectivity index (χ2v) is 6.80. The van der Waals surface area contributed by atoms with E-state index in [1.807, 2.05) is 13.8 Å². The molecule has 0 atom stereocenters. The fourth-order valence-electron chi connectivity index (χ4n) is 1.45. The van der Waals surface area contributed by atoms with E-state index >= 15 is 0 Å². The van der Waals surface area contributed by atoms with Crippen LogP contribution < -0.4 is 0 Å². The van der Waals surface area contributed by atoms with Gasteiger partial charge in [-0.2, -0.15) is 4.31 Å². The molecule has 90 valence electrons. The van der Waals surface area contributed by atoms with Crippen molar-refractivity contribution in [3.05, 3.63) is 0 Å². The highest BCUT2D eigenvalue weighted by molar-refractivity contribution is 7.89. The van der Waals surface area contributed by atoms with Crippen molar-refractivity contribution in [2.24, 2.45) is 5.41 Å². The molecule has 0 N–H and O–H groups in total. The zero-order chi connectivity index (χ0) is 11.5. The van der Waals surface area contributed by atoms with Gasteiger partial charge in [0.2, 0.25) is 10.0 Å². The topological polar surface area (TPSA) is 46.6 Å². The van der Waals surface area contributed by atoms with Gasteiger partial charge in [-0.3, -0.25) is 0 Å². The van der Waals surface area contributed by atoms with E-state index in [-0.39, 0.29) is 11.2 Å². The lowest BCUT2D eigenvalue weighted by Crippen LogP contribution is -2.44. The van der Waals surface area contributed by atoms with Crippen molar-refractivity contribution >= 4 is 21.6 Å². The standard InChI is InChI=1S/C9H18ClNO3S/c1-9(2,7-10)8-15(12,13)11-3-5-14-6-4-11/h3-8H2,1-2H3. The number of nitrogens with zero attached hydrogens (tertiary/aromatic N) is 1. The molecule has 0 aromatic heterocycles. The Bertz CT molecular complexity index is 296. The van der Waals surface area contributed by atoms with E-state index in [1.54, 1.807) is 0 Å². The molecular formula is C9H18ClNO3S. The summed E-state index contributed by atoms with van der Waals surface area (Å²) < 4.78 is 30.6. The Morgan fingerprint density at radius 1 is 1.33 bits per heavy atom. The average molecular weight is 256 g/mol. The molecule has 1 rings (SSSR count). The van der Waals surface area contributed by atoms with E-state index < -0.39 is 10.0 Å². The smallest absolute Gasteiger partial charge is 0.214 e. The number of ether oxygens (including phenoxy) is 1. The number of morpholine rings is 1. The summed E-state index contributed by atoms with van der Waals surface area (Å²) in [6, 6.07) is 0. The predicted molar refractivity (Wildman–Crippen MR) is 60.7 cm³/mol. The Labute approximate surface area is 96.6 Å². The van der Waals surface area contributed by atoms with Gasteiger partial charge in [-0.05, 0) is 5.41 Å². The first kappa shape index (κ1) is 13.2. The molecule has 4 nitrogen and oxygen atoms in total. The average Bonchev–Trinajstić information content (AvgIpc) is 2.18. The molecule has 1 aliphatic rings. The Hall–Kier alpha value is 0.160. The van der Waals surface area contributed by atoms with Gasteiger partial charge in [0.1, 0.15) is 0 Å². The third-order valence-electron chi connectivity index (χ3n) is 2.30. The zero-order valence-electron chi connectivity index (χ0n) is 9.20. The van der Waals surface area contributed by atoms with Crippen molar-refractivity contribution in [2.75, 3.05) is 37.9 Å². The van der Waals surface area contributed by atoms with Gasteiger partial charge in [0.15, 0.2) is 0 Å². The molecular weight excluding hydrogens is 238 g/mol. The number of alkyl halides is 1. The summed E-state index contributed by atoms with van der Waals surface area (Å²) in [5, 5.41) is 0. The van der Waals surface area contributed by atoms with Gasteiger partial charge >= 0.3 is 0 Å². The molecule has 0 aromatic carbocycles. The fourth-order valence-corrected chi connectivity index (χ4v) is 3.63. The van der Waals surface area contributed by atoms with Gasteiger partial charge in [-0.25, -0.2) is 8.42 Å². The Morgan fingerprint density at radius 3 is 2.33 bits per heavy atom. The molecule has 1 saturated heterocycles. The maximum absolute atomic E-state index is 12.0. The Morgan fingerprint density at radius 2 is 1.87 bits per heavy atom. The van der Waals surface area contributed by atoms with Crippen LogP contribution in [0.2, 0.25) is 0 Å². The molecule has 0 unspecified atom stereocenters. The van der Waals surface area contributed by atoms with E-state index in [0.717, 1.165) is 0 Å². The van der Waals surface area contributed by atoms with Crippen molar-refractivity contribution in [1.29, 1.82) is 0 Å². The molecule has 0 aliphatic carbocycles. The van der Waals surface area contributed by atoms with Crippen molar-refractivity contribution in [1.82, 2.24) is 4.31 Å². The van der Waals surface area contributed by atoms with Gasteiger partial charge in [0.25, 0.3) is 0 Å². The van der Waals surface area contributed by atoms with Crippen LogP contribution in [0.4, 0.5) is 0 Å². The molecule has 6 heteroatoms. The Kier molecular flexibility index (Phi) is 4.40. The van der Waals surface area contributed by atoms with E-state index in [0.29, 0.717) is 32.2 Å². The van der Waals surface area contributed by atoms with Gasteiger partial charge in [-0.1, -0.05) is 13.8 Å². The van der Waals surface area contributed by atoms with Crippen LogP contribution in [0.5, 0.6) is 0 Å². The van der Waals surface area contributed by atoms with Crippen LogP contribution in [0.3, 0.4) is 0 Å². The molecule has 1 heterocycles. The third kappa shape index (κ3) is 3.90. The quantitative estimate of drug-likeness (QED) is 0.702. The second kappa shape index (κ2) is 4.99. The third-order valence-corrected chi connectivity index (χ3v) is 5.32. The first-order valence-corrected chi connectivity index (χ1v) is 7.13. The minimum absolute atomic E-state index is 0.101. The SMILES string of the molecule is CC(C)(CCl)CS(=O)(=O)N1CCOCC1. The first-order chi connectivity index (χ1) is 6.87. The highest BCUT2D eigenvalue weighted by Crippen LogP contribution is 2.22. The number of hydrogen-bond acceptors (Lipinski definition) is 3. The molecule has 0 spiro atoms. The van der Waals surface area contributed by atoms with Crippen LogP contribution in [0.15, 0.2) is 0 Å². The largest absolute Gasteiger partial charge is 0.379 e. The van der Waals surface area contributed by atoms with Crippen LogP contribution in [0, 0.1) is 5.41 Å². The van der Waals surface area contributed by atoms with Crippen LogP contribution >= 0.6 is 11.6 Å². The van der Waals surface area contributed by atoms with E-state index in [9.17, 15) is 8.42 Å². The number of sulfonamides is 1. The van der Waals surface area contributed by atoms with Crippen molar-refractivity contribution < 1.29 is 13.2 Å². The molecule has 0 radical (unpaired) electrons. The van der Waals surface area contributed by atoms with Gasteiger partial charge < -0.3 is 4.74 Å². The highest BCUT2D eigenvalue weighted by atomic mass is 35.5. The van der Waals surface area contributed by atoms with E-state index in [1.165, 1.54) is 4.31 Å². The summed E-state index contributed by atoms with van der Waals surface area (Å²) in [6.45, 7) is 5.61. The Balaban J connectivity index is 2.65. The van der Waals surface area contributed by atoms with Gasteiger partial charge in [-0.15, -0.1) is 11.6 Å². The molecule has 0 aromatic rings. The number of halogens is 1. The molecule has 0 saturated carbocycles. The lowest BCUT2D eigenvalue weighted by molar-refractivity contribution is 0.0727. The van der Waals surface area contributed by atoms with Gasteiger partial charge in [0.05, 0.1) is 19.0 Å². The zero-order valence-corrected chi connectivity index (χ0v) is 10.8. The monoisotopic (exact) mass is 255 g/mol. The summed E-state index contributed by atoms with van der Waals surface area (Å²) >= 11 is 5.73. The van der Waals surface area contributed by atoms with Crippen LogP contribution in [0.25, 0.3) is 0 Å². The normalized spacial score (nSPS) is 20.5. The van der Waals surface area contributed by atoms with Crippen LogP contribution in [-0.2, 0) is 14.8 Å². The molecule has 0 amide bonds. The fraction of sp³-hybridized carbons (Fsp3) is 1.00. The second-order valence-electron chi connectivity index (χ2n) is 4.57. The lowest BCUT2D eigenvalue weighted by atomic mass is 10.0. The van der Waals surface area contributed by atoms with E-state index in [2.05, 4.69) is 0 Å². The minimum atomic E-state index is -3.18. The summed E-state index contributed by atoms with van der Waals surface area (Å²) in [4.78, 5) is 0. The lowest BCUT2D eigenvalue weighted by Gasteiger charge is -2.30. The maximum Gasteiger partial charge on any atom is 0.214 e. The summed E-state index contributed by atoms with van der Waals surface area (Å²) in [6.07, 6.45) is 0. The maximum atomic E-state index is 12.0. The molecule has 15 heavy (non-hydrogen) atoms. The van der Waals surface area contributed by atoms with Crippen LogP contribution in [-0.4, -0.2) is 50.7 Å². The minimum Gasteiger partial charge on any atom is -0.379 e. The molecule has 1 aliphatic heterocycles. The van der Waals surface area contributed by atoms with Crippen molar-refractivity contribution in [3.63, 3.8) is 0 Å². The first-order valence-electron chi connectivity index (χ1n) is 4.99. The number of hydrogen-bond donors (Lipinski definition) is 0. The van der Waals surface area contributed by atoms with Crippen LogP contribution in [0.1, 0.15) is 13.8 Å². The molecule has 0 bridgehead atoms. The summed E-state index contributed by atoms with van der Waals surface area (Å²) in [7, 11) is -3.18. The highest BCUT2D eigenvalue weighted by Gasteiger charge is 2.31. The summed E-state index contributed by atoms with van der Waals surface area (Å²) in [5.41, 5.74) is -0.376. The number of rotatable bonds is 4. The van der Waals surface area contributed by atoms with Crippen molar-refractivity contribution in [2.45, 2.75) is 13.8 Å². The van der Waals surface area contributed by atoms with E-state index in [4.69, 9.17) is 16.3 Å². The summed E-state index contributed by atoms with van der Waals surface area (Å²) in [5.74, 6) is 0.445.